The first-order valence-corrected chi connectivity index (χ1v) is 10.9. The zero-order valence-electron chi connectivity index (χ0n) is 19.2. The van der Waals surface area contributed by atoms with Crippen LogP contribution in [0.1, 0.15) is 41.6 Å². The highest BCUT2D eigenvalue weighted by molar-refractivity contribution is 5.96. The molecule has 1 aliphatic rings. The second kappa shape index (κ2) is 9.71. The topological polar surface area (TPSA) is 90.3 Å². The van der Waals surface area contributed by atoms with Crippen molar-refractivity contribution in [1.29, 1.82) is 0 Å². The van der Waals surface area contributed by atoms with Gasteiger partial charge in [-0.1, -0.05) is 49.2 Å². The Hall–Kier alpha value is -2.90. The molecule has 2 N–H and O–H groups in total. The predicted octanol–water partition coefficient (Wildman–Crippen LogP) is 4.05. The van der Waals surface area contributed by atoms with E-state index in [1.165, 1.54) is 25.1 Å². The Morgan fingerprint density at radius 1 is 1.03 bits per heavy atom. The number of para-hydroxylation sites is 1. The minimum atomic E-state index is -1.19. The van der Waals surface area contributed by atoms with Gasteiger partial charge >= 0.3 is 12.1 Å². The summed E-state index contributed by atoms with van der Waals surface area (Å²) < 4.78 is 5.54. The highest BCUT2D eigenvalue weighted by Gasteiger charge is 2.42. The number of carboxylic acids is 1. The summed E-state index contributed by atoms with van der Waals surface area (Å²) in [7, 11) is 7.07. The molecule has 0 saturated heterocycles. The molecule has 0 aliphatic heterocycles. The van der Waals surface area contributed by atoms with Gasteiger partial charge in [0.25, 0.3) is 0 Å². The lowest BCUT2D eigenvalue weighted by Crippen LogP contribution is -2.43. The van der Waals surface area contributed by atoms with Crippen LogP contribution in [0.5, 0.6) is 5.75 Å². The lowest BCUT2D eigenvalue weighted by molar-refractivity contribution is -0.0614. The molecule has 7 nitrogen and oxygen atoms in total. The van der Waals surface area contributed by atoms with Gasteiger partial charge in [0.2, 0.25) is 0 Å². The van der Waals surface area contributed by atoms with E-state index in [2.05, 4.69) is 4.90 Å². The van der Waals surface area contributed by atoms with E-state index >= 15 is 0 Å². The smallest absolute Gasteiger partial charge is 0.414 e. The van der Waals surface area contributed by atoms with Crippen molar-refractivity contribution in [3.63, 3.8) is 0 Å². The second-order valence-electron chi connectivity index (χ2n) is 8.92. The van der Waals surface area contributed by atoms with Crippen LogP contribution in [0.3, 0.4) is 0 Å². The van der Waals surface area contributed by atoms with Gasteiger partial charge in [-0.2, -0.15) is 0 Å². The number of hydrogen-bond donors (Lipinski definition) is 2. The molecular formula is C25H32N2O5. The molecule has 0 aromatic heterocycles. The van der Waals surface area contributed by atoms with E-state index in [0.717, 1.165) is 31.4 Å². The van der Waals surface area contributed by atoms with Gasteiger partial charge in [-0.15, -0.1) is 0 Å². The average Bonchev–Trinajstić information content (AvgIpc) is 2.75. The second-order valence-corrected chi connectivity index (χ2v) is 8.92. The Bertz CT molecular complexity index is 988. The van der Waals surface area contributed by atoms with E-state index in [0.29, 0.717) is 17.5 Å². The molecule has 172 valence electrons. The number of carboxylic acid groups (broad SMARTS) is 1. The van der Waals surface area contributed by atoms with Gasteiger partial charge in [-0.3, -0.25) is 0 Å². The molecule has 2 unspecified atom stereocenters. The minimum absolute atomic E-state index is 0.0188. The Labute approximate surface area is 189 Å². The van der Waals surface area contributed by atoms with Crippen molar-refractivity contribution in [1.82, 2.24) is 9.80 Å². The molecule has 2 aromatic carbocycles. The lowest BCUT2D eigenvalue weighted by atomic mass is 9.69. The molecule has 7 heteroatoms. The quantitative estimate of drug-likeness (QED) is 0.704. The molecule has 1 amide bonds. The van der Waals surface area contributed by atoms with Crippen molar-refractivity contribution in [2.75, 3.05) is 34.7 Å². The number of rotatable bonds is 6. The molecule has 2 aromatic rings. The molecule has 1 aliphatic carbocycles. The summed E-state index contributed by atoms with van der Waals surface area (Å²) in [4.78, 5) is 27.6. The normalized spacial score (nSPS) is 20.8. The Morgan fingerprint density at radius 2 is 1.72 bits per heavy atom. The highest BCUT2D eigenvalue weighted by atomic mass is 16.6. The van der Waals surface area contributed by atoms with E-state index in [1.54, 1.807) is 12.1 Å². The van der Waals surface area contributed by atoms with E-state index in [4.69, 9.17) is 4.74 Å². The zero-order chi connectivity index (χ0) is 23.5. The summed E-state index contributed by atoms with van der Waals surface area (Å²) in [6.45, 7) is 0.739. The third-order valence-electron chi connectivity index (χ3n) is 6.11. The third kappa shape index (κ3) is 4.79. The number of carbonyl (C=O) groups excluding carboxylic acids is 1. The minimum Gasteiger partial charge on any atom is -0.478 e. The Morgan fingerprint density at radius 3 is 2.38 bits per heavy atom. The number of aliphatic hydroxyl groups is 1. The van der Waals surface area contributed by atoms with Gasteiger partial charge in [0.05, 0.1) is 5.60 Å². The number of nitrogens with zero attached hydrogens (tertiary/aromatic N) is 2. The Kier molecular flexibility index (Phi) is 7.21. The summed E-state index contributed by atoms with van der Waals surface area (Å²) in [5, 5.41) is 21.7. The molecule has 2 atom stereocenters. The molecule has 0 bridgehead atoms. The number of aromatic carboxylic acids is 1. The summed E-state index contributed by atoms with van der Waals surface area (Å²) in [6, 6.07) is 12.2. The third-order valence-corrected chi connectivity index (χ3v) is 6.11. The lowest BCUT2D eigenvalue weighted by Gasteiger charge is -2.42. The van der Waals surface area contributed by atoms with Crippen LogP contribution in [-0.2, 0) is 5.60 Å². The van der Waals surface area contributed by atoms with Gasteiger partial charge < -0.3 is 24.7 Å². The van der Waals surface area contributed by atoms with Crippen molar-refractivity contribution < 1.29 is 24.5 Å². The van der Waals surface area contributed by atoms with Crippen LogP contribution >= 0.6 is 0 Å². The van der Waals surface area contributed by atoms with Gasteiger partial charge in [-0.25, -0.2) is 9.59 Å². The summed E-state index contributed by atoms with van der Waals surface area (Å²) >= 11 is 0. The van der Waals surface area contributed by atoms with Crippen molar-refractivity contribution in [3.8, 4) is 16.9 Å². The van der Waals surface area contributed by atoms with Gasteiger partial charge in [0.15, 0.2) is 5.75 Å². The van der Waals surface area contributed by atoms with Crippen molar-refractivity contribution >= 4 is 12.1 Å². The molecule has 1 fully saturated rings. The molecule has 3 rings (SSSR count). The number of amides is 1. The van der Waals surface area contributed by atoms with E-state index in [9.17, 15) is 19.8 Å². The van der Waals surface area contributed by atoms with Crippen molar-refractivity contribution in [2.24, 2.45) is 5.92 Å². The van der Waals surface area contributed by atoms with Crippen molar-refractivity contribution in [3.05, 3.63) is 53.6 Å². The van der Waals surface area contributed by atoms with Crippen LogP contribution in [-0.4, -0.2) is 66.8 Å². The first kappa shape index (κ1) is 23.8. The van der Waals surface area contributed by atoms with Gasteiger partial charge in [0, 0.05) is 32.1 Å². The van der Waals surface area contributed by atoms with E-state index < -0.39 is 17.7 Å². The highest BCUT2D eigenvalue weighted by Crippen LogP contribution is 2.47. The monoisotopic (exact) mass is 440 g/mol. The zero-order valence-corrected chi connectivity index (χ0v) is 19.2. The molecule has 1 saturated carbocycles. The van der Waals surface area contributed by atoms with Crippen LogP contribution in [0.25, 0.3) is 11.1 Å². The number of hydrogen-bond acceptors (Lipinski definition) is 5. The molecule has 0 radical (unpaired) electrons. The maximum atomic E-state index is 12.3. The van der Waals surface area contributed by atoms with Crippen LogP contribution in [0.4, 0.5) is 4.79 Å². The van der Waals surface area contributed by atoms with Gasteiger partial charge in [0.1, 0.15) is 5.56 Å². The largest absolute Gasteiger partial charge is 0.478 e. The molecule has 0 heterocycles. The van der Waals surface area contributed by atoms with Crippen LogP contribution < -0.4 is 4.74 Å². The van der Waals surface area contributed by atoms with Crippen LogP contribution in [0.15, 0.2) is 42.5 Å². The maximum Gasteiger partial charge on any atom is 0.414 e. The molecule has 0 spiro atoms. The fourth-order valence-electron chi connectivity index (χ4n) is 4.57. The first-order chi connectivity index (χ1) is 15.1. The number of carbonyl (C=O) groups is 2. The first-order valence-electron chi connectivity index (χ1n) is 10.9. The van der Waals surface area contributed by atoms with E-state index in [-0.39, 0.29) is 17.2 Å². The SMILES string of the molecule is CN(C)CC1CCCCC1(O)c1ccccc1-c1cccc(C(=O)O)c1OC(=O)N(C)C. The summed E-state index contributed by atoms with van der Waals surface area (Å²) in [5.74, 6) is -1.18. The fraction of sp³-hybridized carbons (Fsp3) is 0.440. The fourth-order valence-corrected chi connectivity index (χ4v) is 4.57. The number of benzene rings is 2. The van der Waals surface area contributed by atoms with Crippen LogP contribution in [0.2, 0.25) is 0 Å². The summed E-state index contributed by atoms with van der Waals surface area (Å²) in [5.41, 5.74) is 0.703. The predicted molar refractivity (Wildman–Crippen MR) is 123 cm³/mol. The summed E-state index contributed by atoms with van der Waals surface area (Å²) in [6.07, 6.45) is 2.82. The standard InChI is InChI=1S/C25H32N2O5/c1-26(2)16-17-10-7-8-15-25(17,31)21-14-6-5-11-18(21)19-12-9-13-20(23(28)29)22(19)32-24(30)27(3)4/h5-6,9,11-14,17,31H,7-8,10,15-16H2,1-4H3,(H,28,29). The van der Waals surface area contributed by atoms with Crippen molar-refractivity contribution in [2.45, 2.75) is 31.3 Å². The van der Waals surface area contributed by atoms with Crippen LogP contribution in [0, 0.1) is 5.92 Å². The average molecular weight is 441 g/mol. The number of ether oxygens (including phenoxy) is 1. The van der Waals surface area contributed by atoms with E-state index in [1.807, 2.05) is 38.4 Å². The maximum absolute atomic E-state index is 12.3. The molecular weight excluding hydrogens is 408 g/mol. The van der Waals surface area contributed by atoms with Gasteiger partial charge in [-0.05, 0) is 44.1 Å². The Balaban J connectivity index is 2.19. The molecule has 32 heavy (non-hydrogen) atoms.